The SMILES string of the molecule is CCCCCCCCN(CCBr)C(C)C. The van der Waals surface area contributed by atoms with E-state index in [4.69, 9.17) is 0 Å². The van der Waals surface area contributed by atoms with E-state index in [-0.39, 0.29) is 0 Å². The predicted octanol–water partition coefficient (Wildman–Crippen LogP) is 4.45. The van der Waals surface area contributed by atoms with Crippen LogP contribution in [0.5, 0.6) is 0 Å². The second-order valence-corrected chi connectivity index (χ2v) is 5.38. The largest absolute Gasteiger partial charge is 0.300 e. The van der Waals surface area contributed by atoms with Gasteiger partial charge in [0.2, 0.25) is 0 Å². The first-order chi connectivity index (χ1) is 7.22. The topological polar surface area (TPSA) is 3.24 Å². The van der Waals surface area contributed by atoms with E-state index < -0.39 is 0 Å². The number of hydrogen-bond donors (Lipinski definition) is 0. The van der Waals surface area contributed by atoms with E-state index in [1.54, 1.807) is 0 Å². The van der Waals surface area contributed by atoms with Crippen molar-refractivity contribution in [1.82, 2.24) is 4.90 Å². The Morgan fingerprint density at radius 1 is 0.933 bits per heavy atom. The molecule has 0 N–H and O–H groups in total. The number of hydrogen-bond acceptors (Lipinski definition) is 1. The van der Waals surface area contributed by atoms with Crippen LogP contribution in [0, 0.1) is 0 Å². The van der Waals surface area contributed by atoms with Crippen molar-refractivity contribution >= 4 is 15.9 Å². The molecule has 15 heavy (non-hydrogen) atoms. The fourth-order valence-electron chi connectivity index (χ4n) is 1.83. The zero-order valence-corrected chi connectivity index (χ0v) is 12.4. The van der Waals surface area contributed by atoms with Gasteiger partial charge in [0.25, 0.3) is 0 Å². The summed E-state index contributed by atoms with van der Waals surface area (Å²) in [7, 11) is 0. The molecule has 1 nitrogen and oxygen atoms in total. The van der Waals surface area contributed by atoms with Crippen LogP contribution in [0.3, 0.4) is 0 Å². The third-order valence-electron chi connectivity index (χ3n) is 2.90. The van der Waals surface area contributed by atoms with Gasteiger partial charge in [-0.05, 0) is 26.8 Å². The molecule has 0 rings (SSSR count). The summed E-state index contributed by atoms with van der Waals surface area (Å²) in [6, 6.07) is 0.693. The molecule has 92 valence electrons. The Hall–Kier alpha value is 0.440. The van der Waals surface area contributed by atoms with Crippen LogP contribution in [0.4, 0.5) is 0 Å². The highest BCUT2D eigenvalue weighted by Crippen LogP contribution is 2.07. The molecule has 2 heteroatoms. The van der Waals surface area contributed by atoms with Gasteiger partial charge in [-0.2, -0.15) is 0 Å². The lowest BCUT2D eigenvalue weighted by Gasteiger charge is -2.25. The van der Waals surface area contributed by atoms with Crippen molar-refractivity contribution < 1.29 is 0 Å². The molecule has 0 amide bonds. The molecule has 0 aliphatic heterocycles. The molecule has 0 aliphatic carbocycles. The van der Waals surface area contributed by atoms with Crippen LogP contribution in [0.2, 0.25) is 0 Å². The molecular weight excluding hydrogens is 250 g/mol. The van der Waals surface area contributed by atoms with Crippen LogP contribution in [0.25, 0.3) is 0 Å². The van der Waals surface area contributed by atoms with Crippen molar-refractivity contribution in [3.63, 3.8) is 0 Å². The van der Waals surface area contributed by atoms with E-state index in [0.717, 1.165) is 5.33 Å². The van der Waals surface area contributed by atoms with Crippen molar-refractivity contribution in [3.05, 3.63) is 0 Å². The first-order valence-corrected chi connectivity index (χ1v) is 7.64. The van der Waals surface area contributed by atoms with Crippen molar-refractivity contribution in [2.24, 2.45) is 0 Å². The quantitative estimate of drug-likeness (QED) is 0.421. The minimum atomic E-state index is 0.693. The maximum atomic E-state index is 3.52. The van der Waals surface area contributed by atoms with Crippen LogP contribution < -0.4 is 0 Å². The molecule has 0 saturated carbocycles. The van der Waals surface area contributed by atoms with Gasteiger partial charge < -0.3 is 4.90 Å². The number of halogens is 1. The Morgan fingerprint density at radius 3 is 2.07 bits per heavy atom. The van der Waals surface area contributed by atoms with Crippen LogP contribution in [0.15, 0.2) is 0 Å². The van der Waals surface area contributed by atoms with E-state index >= 15 is 0 Å². The van der Waals surface area contributed by atoms with E-state index in [1.165, 1.54) is 51.6 Å². The Labute approximate surface area is 105 Å². The fraction of sp³-hybridized carbons (Fsp3) is 1.00. The molecule has 0 aromatic rings. The van der Waals surface area contributed by atoms with Crippen LogP contribution in [0.1, 0.15) is 59.3 Å². The molecule has 0 fully saturated rings. The van der Waals surface area contributed by atoms with Crippen molar-refractivity contribution in [2.75, 3.05) is 18.4 Å². The number of alkyl halides is 1. The highest BCUT2D eigenvalue weighted by atomic mass is 79.9. The molecule has 0 bridgehead atoms. The monoisotopic (exact) mass is 277 g/mol. The molecule has 0 radical (unpaired) electrons. The van der Waals surface area contributed by atoms with Crippen LogP contribution in [-0.4, -0.2) is 29.4 Å². The summed E-state index contributed by atoms with van der Waals surface area (Å²) in [6.45, 7) is 9.32. The van der Waals surface area contributed by atoms with E-state index in [0.29, 0.717) is 6.04 Å². The van der Waals surface area contributed by atoms with Gasteiger partial charge in [-0.25, -0.2) is 0 Å². The molecule has 0 unspecified atom stereocenters. The van der Waals surface area contributed by atoms with Gasteiger partial charge >= 0.3 is 0 Å². The molecule has 0 saturated heterocycles. The van der Waals surface area contributed by atoms with Crippen molar-refractivity contribution in [2.45, 2.75) is 65.3 Å². The second-order valence-electron chi connectivity index (χ2n) is 4.59. The van der Waals surface area contributed by atoms with E-state index in [2.05, 4.69) is 41.6 Å². The Balaban J connectivity index is 3.37. The van der Waals surface area contributed by atoms with Crippen LogP contribution in [-0.2, 0) is 0 Å². The summed E-state index contributed by atoms with van der Waals surface area (Å²) in [4.78, 5) is 2.56. The third kappa shape index (κ3) is 9.37. The van der Waals surface area contributed by atoms with Gasteiger partial charge in [0.15, 0.2) is 0 Å². The molecule has 0 aromatic carbocycles. The Morgan fingerprint density at radius 2 is 1.53 bits per heavy atom. The number of rotatable bonds is 10. The van der Waals surface area contributed by atoms with Gasteiger partial charge in [-0.3, -0.25) is 0 Å². The van der Waals surface area contributed by atoms with Gasteiger partial charge in [-0.1, -0.05) is 55.0 Å². The lowest BCUT2D eigenvalue weighted by molar-refractivity contribution is 0.231. The number of nitrogens with zero attached hydrogens (tertiary/aromatic N) is 1. The summed E-state index contributed by atoms with van der Waals surface area (Å²) in [6.07, 6.45) is 8.39. The molecular formula is C13H28BrN. The van der Waals surface area contributed by atoms with Gasteiger partial charge in [0, 0.05) is 17.9 Å². The average molecular weight is 278 g/mol. The molecule has 0 aliphatic rings. The summed E-state index contributed by atoms with van der Waals surface area (Å²) >= 11 is 3.52. The first kappa shape index (κ1) is 15.4. The standard InChI is InChI=1S/C13H28BrN/c1-4-5-6-7-8-9-11-15(12-10-14)13(2)3/h13H,4-12H2,1-3H3. The van der Waals surface area contributed by atoms with Gasteiger partial charge in [-0.15, -0.1) is 0 Å². The second kappa shape index (κ2) is 10.9. The lowest BCUT2D eigenvalue weighted by Crippen LogP contribution is -2.33. The van der Waals surface area contributed by atoms with E-state index in [9.17, 15) is 0 Å². The predicted molar refractivity (Wildman–Crippen MR) is 73.9 cm³/mol. The summed E-state index contributed by atoms with van der Waals surface area (Å²) in [5.74, 6) is 0. The van der Waals surface area contributed by atoms with Crippen molar-refractivity contribution in [3.8, 4) is 0 Å². The molecule has 0 aromatic heterocycles. The minimum Gasteiger partial charge on any atom is -0.300 e. The normalized spacial score (nSPS) is 11.6. The van der Waals surface area contributed by atoms with E-state index in [1.807, 2.05) is 0 Å². The number of unbranched alkanes of at least 4 members (excludes halogenated alkanes) is 5. The Kier molecular flexibility index (Phi) is 11.3. The minimum absolute atomic E-state index is 0.693. The Bertz CT molecular complexity index is 126. The maximum Gasteiger partial charge on any atom is 0.0159 e. The highest BCUT2D eigenvalue weighted by Gasteiger charge is 2.07. The lowest BCUT2D eigenvalue weighted by atomic mass is 10.1. The highest BCUT2D eigenvalue weighted by molar-refractivity contribution is 9.09. The smallest absolute Gasteiger partial charge is 0.0159 e. The van der Waals surface area contributed by atoms with Crippen LogP contribution >= 0.6 is 15.9 Å². The summed E-state index contributed by atoms with van der Waals surface area (Å²) in [5.41, 5.74) is 0. The van der Waals surface area contributed by atoms with Crippen molar-refractivity contribution in [1.29, 1.82) is 0 Å². The summed E-state index contributed by atoms with van der Waals surface area (Å²) < 4.78 is 0. The maximum absolute atomic E-state index is 3.52. The zero-order valence-electron chi connectivity index (χ0n) is 10.8. The molecule has 0 spiro atoms. The first-order valence-electron chi connectivity index (χ1n) is 6.52. The van der Waals surface area contributed by atoms with Gasteiger partial charge in [0.1, 0.15) is 0 Å². The fourth-order valence-corrected chi connectivity index (χ4v) is 2.29. The zero-order chi connectivity index (χ0) is 11.5. The summed E-state index contributed by atoms with van der Waals surface area (Å²) in [5, 5.41) is 1.10. The molecule has 0 heterocycles. The van der Waals surface area contributed by atoms with Gasteiger partial charge in [0.05, 0.1) is 0 Å². The third-order valence-corrected chi connectivity index (χ3v) is 3.26. The average Bonchev–Trinajstić information content (AvgIpc) is 2.21. The molecule has 0 atom stereocenters.